The van der Waals surface area contributed by atoms with Crippen molar-refractivity contribution in [3.63, 3.8) is 0 Å². The van der Waals surface area contributed by atoms with E-state index < -0.39 is 0 Å². The van der Waals surface area contributed by atoms with Crippen LogP contribution in [0, 0.1) is 5.41 Å². The van der Waals surface area contributed by atoms with Gasteiger partial charge in [-0.25, -0.2) is 0 Å². The lowest BCUT2D eigenvalue weighted by Crippen LogP contribution is -2.06. The van der Waals surface area contributed by atoms with Crippen molar-refractivity contribution >= 4 is 34.8 Å². The van der Waals surface area contributed by atoms with Gasteiger partial charge in [0.05, 0.1) is 11.4 Å². The van der Waals surface area contributed by atoms with E-state index in [1.54, 1.807) is 36.1 Å². The highest BCUT2D eigenvalue weighted by atomic mass is 16.1. The topological polar surface area (TPSA) is 109 Å². The van der Waals surface area contributed by atoms with Gasteiger partial charge in [0.1, 0.15) is 5.69 Å². The fourth-order valence-electron chi connectivity index (χ4n) is 3.19. The van der Waals surface area contributed by atoms with E-state index in [-0.39, 0.29) is 11.7 Å². The number of Topliss-reactive ketones (excluding diaryl/α,β-unsaturated/α-hetero) is 1. The number of pyridine rings is 1. The SMILES string of the molecule is CN=CC(C=N)c1cnc2ccc(Cc3nnc4ccc(C(C)=O)nn34)cc2c1. The van der Waals surface area contributed by atoms with Gasteiger partial charge in [0.25, 0.3) is 0 Å². The third kappa shape index (κ3) is 3.64. The first-order valence-electron chi connectivity index (χ1n) is 9.13. The Hall–Kier alpha value is -3.81. The highest BCUT2D eigenvalue weighted by Crippen LogP contribution is 2.21. The minimum atomic E-state index is -0.199. The summed E-state index contributed by atoms with van der Waals surface area (Å²) in [5.41, 5.74) is 3.79. The first-order valence-corrected chi connectivity index (χ1v) is 9.13. The largest absolute Gasteiger partial charge is 0.312 e. The highest BCUT2D eigenvalue weighted by Gasteiger charge is 2.12. The molecule has 0 bridgehead atoms. The summed E-state index contributed by atoms with van der Waals surface area (Å²) in [6, 6.07) is 11.4. The van der Waals surface area contributed by atoms with Crippen molar-refractivity contribution in [3.05, 3.63) is 65.2 Å². The van der Waals surface area contributed by atoms with Crippen LogP contribution in [0.4, 0.5) is 0 Å². The Bertz CT molecular complexity index is 1260. The molecule has 8 heteroatoms. The van der Waals surface area contributed by atoms with Crippen molar-refractivity contribution < 1.29 is 4.79 Å². The zero-order valence-corrected chi connectivity index (χ0v) is 16.1. The molecule has 144 valence electrons. The highest BCUT2D eigenvalue weighted by molar-refractivity contribution is 5.92. The second-order valence-electron chi connectivity index (χ2n) is 6.73. The second-order valence-corrected chi connectivity index (χ2v) is 6.73. The van der Waals surface area contributed by atoms with Crippen molar-refractivity contribution in [1.29, 1.82) is 5.41 Å². The number of ketones is 1. The quantitative estimate of drug-likeness (QED) is 0.405. The Morgan fingerprint density at radius 3 is 2.86 bits per heavy atom. The number of rotatable bonds is 6. The number of nitrogens with zero attached hydrogens (tertiary/aromatic N) is 6. The predicted octanol–water partition coefficient (Wildman–Crippen LogP) is 2.90. The summed E-state index contributed by atoms with van der Waals surface area (Å²) in [5.74, 6) is 0.351. The Morgan fingerprint density at radius 1 is 1.24 bits per heavy atom. The molecule has 4 rings (SSSR count). The molecule has 0 aliphatic heterocycles. The number of carbonyl (C=O) groups is 1. The maximum atomic E-state index is 11.6. The van der Waals surface area contributed by atoms with Gasteiger partial charge >= 0.3 is 0 Å². The van der Waals surface area contributed by atoms with Crippen LogP contribution in [0.3, 0.4) is 0 Å². The minimum absolute atomic E-state index is 0.104. The van der Waals surface area contributed by atoms with E-state index in [9.17, 15) is 4.79 Å². The van der Waals surface area contributed by atoms with Crippen molar-refractivity contribution in [2.75, 3.05) is 7.05 Å². The van der Waals surface area contributed by atoms with Crippen LogP contribution in [0.5, 0.6) is 0 Å². The normalized spacial score (nSPS) is 12.6. The number of fused-ring (bicyclic) bond motifs is 2. The van der Waals surface area contributed by atoms with Gasteiger partial charge in [0.2, 0.25) is 0 Å². The maximum Gasteiger partial charge on any atom is 0.179 e. The summed E-state index contributed by atoms with van der Waals surface area (Å²) >= 11 is 0. The first-order chi connectivity index (χ1) is 14.1. The molecule has 0 aliphatic rings. The lowest BCUT2D eigenvalue weighted by atomic mass is 10.0. The second kappa shape index (κ2) is 7.67. The molecule has 0 fully saturated rings. The molecular weight excluding hydrogens is 366 g/mol. The molecular formula is C21H19N7O. The molecule has 0 saturated carbocycles. The molecule has 0 aliphatic carbocycles. The summed E-state index contributed by atoms with van der Waals surface area (Å²) in [7, 11) is 1.69. The van der Waals surface area contributed by atoms with Crippen LogP contribution in [0.25, 0.3) is 16.6 Å². The van der Waals surface area contributed by atoms with Crippen LogP contribution in [-0.4, -0.2) is 50.1 Å². The molecule has 0 saturated heterocycles. The lowest BCUT2D eigenvalue weighted by Gasteiger charge is -2.08. The molecule has 1 atom stereocenters. The van der Waals surface area contributed by atoms with Crippen LogP contribution in [0.1, 0.15) is 40.3 Å². The fourth-order valence-corrected chi connectivity index (χ4v) is 3.19. The lowest BCUT2D eigenvalue weighted by molar-refractivity contribution is 0.101. The zero-order chi connectivity index (χ0) is 20.4. The number of benzene rings is 1. The number of carbonyl (C=O) groups excluding carboxylic acids is 1. The number of aliphatic imine (C=N–C) groups is 1. The van der Waals surface area contributed by atoms with E-state index in [2.05, 4.69) is 25.3 Å². The van der Waals surface area contributed by atoms with Gasteiger partial charge in [0.15, 0.2) is 17.3 Å². The van der Waals surface area contributed by atoms with Crippen LogP contribution in [-0.2, 0) is 6.42 Å². The van der Waals surface area contributed by atoms with Gasteiger partial charge in [-0.3, -0.25) is 14.8 Å². The zero-order valence-electron chi connectivity index (χ0n) is 16.1. The van der Waals surface area contributed by atoms with Crippen LogP contribution >= 0.6 is 0 Å². The summed E-state index contributed by atoms with van der Waals surface area (Å²) < 4.78 is 1.61. The third-order valence-electron chi connectivity index (χ3n) is 4.69. The molecule has 1 unspecified atom stereocenters. The van der Waals surface area contributed by atoms with Crippen molar-refractivity contribution in [3.8, 4) is 0 Å². The molecule has 3 aromatic heterocycles. The van der Waals surface area contributed by atoms with Crippen LogP contribution in [0.2, 0.25) is 0 Å². The summed E-state index contributed by atoms with van der Waals surface area (Å²) in [6.45, 7) is 1.48. The van der Waals surface area contributed by atoms with Gasteiger partial charge in [-0.2, -0.15) is 9.61 Å². The van der Waals surface area contributed by atoms with Gasteiger partial charge in [-0.05, 0) is 41.5 Å². The number of aromatic nitrogens is 5. The molecule has 0 radical (unpaired) electrons. The third-order valence-corrected chi connectivity index (χ3v) is 4.69. The Labute approximate surface area is 166 Å². The molecule has 8 nitrogen and oxygen atoms in total. The van der Waals surface area contributed by atoms with Crippen LogP contribution in [0.15, 0.2) is 47.6 Å². The minimum Gasteiger partial charge on any atom is -0.312 e. The monoisotopic (exact) mass is 385 g/mol. The maximum absolute atomic E-state index is 11.6. The number of hydrogen-bond acceptors (Lipinski definition) is 7. The van der Waals surface area contributed by atoms with E-state index in [1.807, 2.05) is 24.3 Å². The van der Waals surface area contributed by atoms with E-state index in [4.69, 9.17) is 5.41 Å². The average molecular weight is 385 g/mol. The molecule has 3 heterocycles. The van der Waals surface area contributed by atoms with Crippen LogP contribution < -0.4 is 0 Å². The first kappa shape index (κ1) is 18.5. The Balaban J connectivity index is 1.71. The summed E-state index contributed by atoms with van der Waals surface area (Å²) in [5, 5.41) is 21.3. The van der Waals surface area contributed by atoms with Crippen molar-refractivity contribution in [2.45, 2.75) is 19.3 Å². The smallest absolute Gasteiger partial charge is 0.179 e. The molecule has 4 aromatic rings. The Morgan fingerprint density at radius 2 is 2.10 bits per heavy atom. The van der Waals surface area contributed by atoms with E-state index >= 15 is 0 Å². The van der Waals surface area contributed by atoms with E-state index in [0.717, 1.165) is 22.0 Å². The number of nitrogens with one attached hydrogen (secondary N) is 1. The summed E-state index contributed by atoms with van der Waals surface area (Å²) in [6.07, 6.45) is 5.36. The van der Waals surface area contributed by atoms with Gasteiger partial charge in [0, 0.05) is 44.4 Å². The molecule has 0 spiro atoms. The van der Waals surface area contributed by atoms with Crippen molar-refractivity contribution in [2.24, 2.45) is 4.99 Å². The standard InChI is InChI=1S/C21H19N7O/c1-13(29)18-5-6-20-25-26-21(28(20)27-18)8-14-3-4-19-15(7-14)9-16(12-24-19)17(10-22)11-23-2/h3-7,9-12,17,22H,8H2,1-2H3. The number of hydrogen-bond donors (Lipinski definition) is 1. The molecule has 29 heavy (non-hydrogen) atoms. The van der Waals surface area contributed by atoms with Gasteiger partial charge < -0.3 is 5.41 Å². The molecule has 1 aromatic carbocycles. The average Bonchev–Trinajstić information content (AvgIpc) is 3.13. The fraction of sp³-hybridized carbons (Fsp3) is 0.190. The van der Waals surface area contributed by atoms with E-state index in [0.29, 0.717) is 23.6 Å². The van der Waals surface area contributed by atoms with Crippen molar-refractivity contribution in [1.82, 2.24) is 24.8 Å². The molecule has 0 amide bonds. The summed E-state index contributed by atoms with van der Waals surface area (Å²) in [4.78, 5) is 20.2. The Kier molecular flexibility index (Phi) is 4.90. The molecule has 1 N–H and O–H groups in total. The van der Waals surface area contributed by atoms with E-state index in [1.165, 1.54) is 13.1 Å². The van der Waals surface area contributed by atoms with Gasteiger partial charge in [-0.1, -0.05) is 6.07 Å². The predicted molar refractivity (Wildman–Crippen MR) is 111 cm³/mol. The van der Waals surface area contributed by atoms with Gasteiger partial charge in [-0.15, -0.1) is 10.2 Å².